The molecule has 1 unspecified atom stereocenters. The number of hydrogen-bond acceptors (Lipinski definition) is 1. The van der Waals surface area contributed by atoms with Gasteiger partial charge in [-0.25, -0.2) is 17.6 Å². The summed E-state index contributed by atoms with van der Waals surface area (Å²) < 4.78 is 58.7. The Bertz CT molecular complexity index is 1210. The highest BCUT2D eigenvalue weighted by Gasteiger charge is 2.32. The van der Waals surface area contributed by atoms with E-state index < -0.39 is 28.8 Å². The molecule has 0 aliphatic heterocycles. The van der Waals surface area contributed by atoms with E-state index in [9.17, 15) is 8.78 Å². The van der Waals surface area contributed by atoms with E-state index in [0.29, 0.717) is 36.3 Å². The fourth-order valence-corrected chi connectivity index (χ4v) is 7.21. The lowest BCUT2D eigenvalue weighted by molar-refractivity contribution is 0.171. The molecule has 1 atom stereocenters. The van der Waals surface area contributed by atoms with Crippen LogP contribution >= 0.6 is 0 Å². The fourth-order valence-electron chi connectivity index (χ4n) is 7.21. The van der Waals surface area contributed by atoms with E-state index in [1.165, 1.54) is 56.0 Å². The van der Waals surface area contributed by atoms with Crippen molar-refractivity contribution >= 4 is 5.57 Å². The van der Waals surface area contributed by atoms with Crippen LogP contribution in [0.1, 0.15) is 105 Å². The molecule has 2 aromatic carbocycles. The average Bonchev–Trinajstić information content (AvgIpc) is 2.93. The minimum Gasteiger partial charge on any atom is -0.206 e. The molecule has 0 amide bonds. The Labute approximate surface area is 223 Å². The van der Waals surface area contributed by atoms with Crippen molar-refractivity contribution < 1.29 is 17.6 Å². The quantitative estimate of drug-likeness (QED) is 0.284. The number of benzene rings is 2. The monoisotopic (exact) mass is 521 g/mol. The number of rotatable bonds is 5. The molecule has 0 heterocycles. The van der Waals surface area contributed by atoms with Gasteiger partial charge in [-0.3, -0.25) is 0 Å². The number of allylic oxidation sites excluding steroid dienone is 3. The highest BCUT2D eigenvalue weighted by molar-refractivity contribution is 5.68. The van der Waals surface area contributed by atoms with Crippen molar-refractivity contribution in [3.63, 3.8) is 0 Å². The minimum absolute atomic E-state index is 0.0251. The Morgan fingerprint density at radius 3 is 1.74 bits per heavy atom. The highest BCUT2D eigenvalue weighted by Crippen LogP contribution is 2.45. The molecule has 0 radical (unpaired) electrons. The van der Waals surface area contributed by atoms with Gasteiger partial charge in [0.2, 0.25) is 0 Å². The molecule has 5 heteroatoms. The van der Waals surface area contributed by atoms with Gasteiger partial charge in [0.1, 0.15) is 34.9 Å². The van der Waals surface area contributed by atoms with E-state index in [1.54, 1.807) is 6.08 Å². The van der Waals surface area contributed by atoms with Gasteiger partial charge in [-0.05, 0) is 141 Å². The molecule has 2 fully saturated rings. The van der Waals surface area contributed by atoms with Gasteiger partial charge in [0.05, 0.1) is 0 Å². The molecule has 1 nitrogen and oxygen atoms in total. The SMILES string of the molecule is C=CC1CCC(C2CCC(c3cc(F)c(C4=CCC(c5cc(F)c(C#N)c(F)c5)CC4)c(F)c3)CC2)CC1. The number of halogens is 4. The lowest BCUT2D eigenvalue weighted by atomic mass is 9.68. The second-order valence-electron chi connectivity index (χ2n) is 11.6. The third-order valence-corrected chi connectivity index (χ3v) is 9.50. The molecule has 3 aliphatic rings. The van der Waals surface area contributed by atoms with Crippen molar-refractivity contribution in [1.29, 1.82) is 5.26 Å². The van der Waals surface area contributed by atoms with E-state index in [4.69, 9.17) is 5.26 Å². The Kier molecular flexibility index (Phi) is 8.07. The normalized spacial score (nSPS) is 27.9. The van der Waals surface area contributed by atoms with Crippen LogP contribution in [0.2, 0.25) is 0 Å². The molecule has 0 spiro atoms. The molecule has 3 aliphatic carbocycles. The van der Waals surface area contributed by atoms with Gasteiger partial charge >= 0.3 is 0 Å². The summed E-state index contributed by atoms with van der Waals surface area (Å²) in [6.07, 6.45) is 14.5. The largest absolute Gasteiger partial charge is 0.206 e. The Morgan fingerprint density at radius 2 is 1.24 bits per heavy atom. The van der Waals surface area contributed by atoms with E-state index in [2.05, 4.69) is 12.7 Å². The van der Waals surface area contributed by atoms with Crippen LogP contribution in [0.3, 0.4) is 0 Å². The van der Waals surface area contributed by atoms with Crippen LogP contribution in [0.15, 0.2) is 43.0 Å². The molecular formula is C33H35F4N. The molecule has 200 valence electrons. The summed E-state index contributed by atoms with van der Waals surface area (Å²) in [4.78, 5) is 0. The van der Waals surface area contributed by atoms with Crippen LogP contribution in [0, 0.1) is 52.4 Å². The summed E-state index contributed by atoms with van der Waals surface area (Å²) >= 11 is 0. The minimum atomic E-state index is -0.876. The van der Waals surface area contributed by atoms with E-state index in [0.717, 1.165) is 43.1 Å². The van der Waals surface area contributed by atoms with Crippen molar-refractivity contribution in [2.45, 2.75) is 82.5 Å². The van der Waals surface area contributed by atoms with Crippen molar-refractivity contribution in [3.05, 3.63) is 88.5 Å². The van der Waals surface area contributed by atoms with Crippen LogP contribution in [-0.2, 0) is 0 Å². The van der Waals surface area contributed by atoms with Gasteiger partial charge in [-0.15, -0.1) is 6.58 Å². The van der Waals surface area contributed by atoms with Crippen LogP contribution in [0.4, 0.5) is 17.6 Å². The Balaban J connectivity index is 1.23. The van der Waals surface area contributed by atoms with Crippen LogP contribution in [-0.4, -0.2) is 0 Å². The molecule has 38 heavy (non-hydrogen) atoms. The first-order valence-corrected chi connectivity index (χ1v) is 14.1. The van der Waals surface area contributed by atoms with Crippen LogP contribution < -0.4 is 0 Å². The maximum Gasteiger partial charge on any atom is 0.144 e. The topological polar surface area (TPSA) is 23.8 Å². The Morgan fingerprint density at radius 1 is 0.711 bits per heavy atom. The molecule has 0 aromatic heterocycles. The summed E-state index contributed by atoms with van der Waals surface area (Å²) in [5.74, 6) is -0.596. The zero-order valence-corrected chi connectivity index (χ0v) is 21.8. The first-order valence-electron chi connectivity index (χ1n) is 14.1. The fraction of sp³-hybridized carbons (Fsp3) is 0.485. The summed E-state index contributed by atoms with van der Waals surface area (Å²) in [7, 11) is 0. The summed E-state index contributed by atoms with van der Waals surface area (Å²) in [5.41, 5.74) is 1.27. The van der Waals surface area contributed by atoms with Crippen molar-refractivity contribution in [2.75, 3.05) is 0 Å². The summed E-state index contributed by atoms with van der Waals surface area (Å²) in [6.45, 7) is 3.94. The molecule has 0 saturated heterocycles. The number of nitrogens with zero attached hydrogens (tertiary/aromatic N) is 1. The predicted molar refractivity (Wildman–Crippen MR) is 142 cm³/mol. The van der Waals surface area contributed by atoms with Crippen molar-refractivity contribution in [1.82, 2.24) is 0 Å². The first-order chi connectivity index (χ1) is 18.4. The van der Waals surface area contributed by atoms with E-state index in [1.807, 2.05) is 0 Å². The van der Waals surface area contributed by atoms with Gasteiger partial charge in [0.25, 0.3) is 0 Å². The highest BCUT2D eigenvalue weighted by atomic mass is 19.1. The number of hydrogen-bond donors (Lipinski definition) is 0. The smallest absolute Gasteiger partial charge is 0.144 e. The second-order valence-corrected chi connectivity index (χ2v) is 11.6. The van der Waals surface area contributed by atoms with E-state index in [-0.39, 0.29) is 17.4 Å². The number of nitriles is 1. The van der Waals surface area contributed by atoms with Crippen molar-refractivity contribution in [2.24, 2.45) is 17.8 Å². The van der Waals surface area contributed by atoms with Crippen LogP contribution in [0.5, 0.6) is 0 Å². The lowest BCUT2D eigenvalue weighted by Crippen LogP contribution is -2.25. The molecule has 0 bridgehead atoms. The maximum absolute atomic E-state index is 15.3. The maximum atomic E-state index is 15.3. The summed E-state index contributed by atoms with van der Waals surface area (Å²) in [5, 5.41) is 8.88. The van der Waals surface area contributed by atoms with Gasteiger partial charge in [0, 0.05) is 5.56 Å². The van der Waals surface area contributed by atoms with Crippen molar-refractivity contribution in [3.8, 4) is 6.07 Å². The molecular weight excluding hydrogens is 486 g/mol. The van der Waals surface area contributed by atoms with E-state index >= 15 is 8.78 Å². The zero-order chi connectivity index (χ0) is 26.8. The third kappa shape index (κ3) is 5.46. The Hall–Kier alpha value is -2.87. The average molecular weight is 522 g/mol. The van der Waals surface area contributed by atoms with Gasteiger partial charge in [-0.1, -0.05) is 12.2 Å². The third-order valence-electron chi connectivity index (χ3n) is 9.50. The lowest BCUT2D eigenvalue weighted by Gasteiger charge is -2.37. The zero-order valence-electron chi connectivity index (χ0n) is 21.8. The molecule has 5 rings (SSSR count). The standard InChI is InChI=1S/C33H35F4N/c1-2-20-3-5-21(6-4-20)22-7-9-23(10-8-22)27-17-31(36)33(32(37)18-27)25-13-11-24(12-14-25)26-15-29(34)28(19-38)30(35)16-26/h2,13,15-18,20-24H,1,3-12,14H2. The first kappa shape index (κ1) is 26.7. The van der Waals surface area contributed by atoms with Gasteiger partial charge in [-0.2, -0.15) is 5.26 Å². The molecule has 0 N–H and O–H groups in total. The molecule has 2 aromatic rings. The summed E-state index contributed by atoms with van der Waals surface area (Å²) in [6, 6.07) is 6.98. The predicted octanol–water partition coefficient (Wildman–Crippen LogP) is 9.73. The van der Waals surface area contributed by atoms with Gasteiger partial charge in [0.15, 0.2) is 0 Å². The van der Waals surface area contributed by atoms with Crippen LogP contribution in [0.25, 0.3) is 5.57 Å². The molecule has 2 saturated carbocycles. The second kappa shape index (κ2) is 11.5. The van der Waals surface area contributed by atoms with Gasteiger partial charge < -0.3 is 0 Å².